The van der Waals surface area contributed by atoms with Gasteiger partial charge >= 0.3 is 17.5 Å². The molecule has 0 aliphatic rings. The molecule has 2 heterocycles. The molecular weight excluding hydrogens is 383 g/mol. The molecule has 1 atom stereocenters. The van der Waals surface area contributed by atoms with Crippen molar-refractivity contribution in [3.63, 3.8) is 0 Å². The van der Waals surface area contributed by atoms with Crippen LogP contribution in [0.4, 0.5) is 4.39 Å². The molecule has 0 bridgehead atoms. The van der Waals surface area contributed by atoms with E-state index >= 15 is 0 Å². The molecule has 0 saturated carbocycles. The number of carbonyl (C=O) groups is 1. The molecule has 1 amide bonds. The summed E-state index contributed by atoms with van der Waals surface area (Å²) in [5.41, 5.74) is -1.46. The number of rotatable bonds is 6. The standard InChI is InChI=1S/C18H19FN6O4/c1-4-10(3)20-15(26)16-21-14(23-29-16)13-17(27)24(5-2)18(28)25(22-13)12-8-6-11(19)7-9-12/h6-10H,4-5H2,1-3H3,(H,20,26)/t10-/m1/s1. The second kappa shape index (κ2) is 8.17. The molecule has 0 saturated heterocycles. The maximum absolute atomic E-state index is 13.2. The van der Waals surface area contributed by atoms with E-state index in [1.165, 1.54) is 12.1 Å². The smallest absolute Gasteiger partial charge is 0.345 e. The zero-order valence-electron chi connectivity index (χ0n) is 16.0. The van der Waals surface area contributed by atoms with Gasteiger partial charge in [0.1, 0.15) is 5.82 Å². The average Bonchev–Trinajstić information content (AvgIpc) is 3.19. The van der Waals surface area contributed by atoms with Crippen molar-refractivity contribution in [2.75, 3.05) is 0 Å². The minimum Gasteiger partial charge on any atom is -0.345 e. The molecule has 0 spiro atoms. The van der Waals surface area contributed by atoms with E-state index < -0.39 is 23.0 Å². The predicted octanol–water partition coefficient (Wildman–Crippen LogP) is 1.13. The van der Waals surface area contributed by atoms with Gasteiger partial charge in [0.2, 0.25) is 5.82 Å². The Balaban J connectivity index is 2.09. The van der Waals surface area contributed by atoms with Crippen molar-refractivity contribution in [2.24, 2.45) is 0 Å². The lowest BCUT2D eigenvalue weighted by molar-refractivity contribution is 0.0895. The van der Waals surface area contributed by atoms with Crippen molar-refractivity contribution >= 4 is 5.91 Å². The molecule has 0 fully saturated rings. The molecule has 10 nitrogen and oxygen atoms in total. The largest absolute Gasteiger partial charge is 0.352 e. The van der Waals surface area contributed by atoms with Gasteiger partial charge in [-0.05, 0) is 44.5 Å². The first kappa shape index (κ1) is 20.1. The summed E-state index contributed by atoms with van der Waals surface area (Å²) < 4.78 is 20.0. The van der Waals surface area contributed by atoms with Crippen molar-refractivity contribution in [3.8, 4) is 17.2 Å². The van der Waals surface area contributed by atoms with E-state index in [2.05, 4.69) is 20.6 Å². The molecule has 0 aliphatic heterocycles. The minimum absolute atomic E-state index is 0.0631. The molecule has 1 aromatic carbocycles. The molecule has 1 N–H and O–H groups in total. The number of halogens is 1. The molecule has 0 aliphatic carbocycles. The second-order valence-electron chi connectivity index (χ2n) is 6.27. The van der Waals surface area contributed by atoms with Crippen LogP contribution in [0.2, 0.25) is 0 Å². The van der Waals surface area contributed by atoms with Crippen LogP contribution in [0.1, 0.15) is 37.9 Å². The number of benzene rings is 1. The second-order valence-corrected chi connectivity index (χ2v) is 6.27. The molecule has 0 radical (unpaired) electrons. The van der Waals surface area contributed by atoms with Crippen molar-refractivity contribution in [3.05, 3.63) is 56.8 Å². The van der Waals surface area contributed by atoms with E-state index in [9.17, 15) is 18.8 Å². The molecule has 152 valence electrons. The highest BCUT2D eigenvalue weighted by atomic mass is 19.1. The predicted molar refractivity (Wildman–Crippen MR) is 100 cm³/mol. The van der Waals surface area contributed by atoms with Gasteiger partial charge in [-0.25, -0.2) is 9.18 Å². The normalized spacial score (nSPS) is 12.0. The van der Waals surface area contributed by atoms with E-state index in [-0.39, 0.29) is 35.7 Å². The zero-order valence-corrected chi connectivity index (χ0v) is 16.0. The van der Waals surface area contributed by atoms with Gasteiger partial charge in [0, 0.05) is 12.6 Å². The Morgan fingerprint density at radius 1 is 1.24 bits per heavy atom. The molecule has 11 heteroatoms. The van der Waals surface area contributed by atoms with Gasteiger partial charge in [-0.1, -0.05) is 12.1 Å². The third kappa shape index (κ3) is 3.98. The fourth-order valence-electron chi connectivity index (χ4n) is 2.48. The summed E-state index contributed by atoms with van der Waals surface area (Å²) in [4.78, 5) is 41.3. The number of nitrogens with one attached hydrogen (secondary N) is 1. The highest BCUT2D eigenvalue weighted by Crippen LogP contribution is 2.11. The first-order valence-corrected chi connectivity index (χ1v) is 9.00. The van der Waals surface area contributed by atoms with Gasteiger partial charge in [0.25, 0.3) is 5.56 Å². The Kier molecular flexibility index (Phi) is 5.66. The quantitative estimate of drug-likeness (QED) is 0.655. The Morgan fingerprint density at radius 2 is 1.93 bits per heavy atom. The van der Waals surface area contributed by atoms with Gasteiger partial charge in [0.15, 0.2) is 5.69 Å². The van der Waals surface area contributed by atoms with Crippen LogP contribution < -0.4 is 16.6 Å². The highest BCUT2D eigenvalue weighted by molar-refractivity contribution is 5.90. The van der Waals surface area contributed by atoms with Crippen molar-refractivity contribution in [1.82, 2.24) is 29.8 Å². The van der Waals surface area contributed by atoms with Gasteiger partial charge in [0.05, 0.1) is 5.69 Å². The maximum atomic E-state index is 13.2. The summed E-state index contributed by atoms with van der Waals surface area (Å²) >= 11 is 0. The summed E-state index contributed by atoms with van der Waals surface area (Å²) in [7, 11) is 0. The monoisotopic (exact) mass is 402 g/mol. The number of aromatic nitrogens is 5. The van der Waals surface area contributed by atoms with Crippen LogP contribution in [0, 0.1) is 5.82 Å². The molecular formula is C18H19FN6O4. The van der Waals surface area contributed by atoms with E-state index in [1.54, 1.807) is 6.92 Å². The van der Waals surface area contributed by atoms with Crippen LogP contribution in [-0.2, 0) is 6.54 Å². The summed E-state index contributed by atoms with van der Waals surface area (Å²) in [6.45, 7) is 5.39. The van der Waals surface area contributed by atoms with Crippen LogP contribution in [0.25, 0.3) is 17.2 Å². The summed E-state index contributed by atoms with van der Waals surface area (Å²) in [6, 6.07) is 4.92. The Morgan fingerprint density at radius 3 is 2.55 bits per heavy atom. The Bertz CT molecular complexity index is 1150. The fraction of sp³-hybridized carbons (Fsp3) is 0.333. The lowest BCUT2D eigenvalue weighted by Crippen LogP contribution is -2.41. The highest BCUT2D eigenvalue weighted by Gasteiger charge is 2.23. The Hall–Kier alpha value is -3.63. The molecule has 3 aromatic rings. The van der Waals surface area contributed by atoms with Gasteiger partial charge in [-0.15, -0.1) is 0 Å². The van der Waals surface area contributed by atoms with E-state index in [0.29, 0.717) is 6.42 Å². The van der Waals surface area contributed by atoms with E-state index in [4.69, 9.17) is 4.52 Å². The third-order valence-electron chi connectivity index (χ3n) is 4.27. The van der Waals surface area contributed by atoms with Crippen molar-refractivity contribution in [1.29, 1.82) is 0 Å². The zero-order chi connectivity index (χ0) is 21.1. The van der Waals surface area contributed by atoms with Crippen LogP contribution in [0.5, 0.6) is 0 Å². The number of carbonyl (C=O) groups excluding carboxylic acids is 1. The number of hydrogen-bond donors (Lipinski definition) is 1. The number of nitrogens with zero attached hydrogens (tertiary/aromatic N) is 5. The maximum Gasteiger partial charge on any atom is 0.352 e. The lowest BCUT2D eigenvalue weighted by Gasteiger charge is -2.09. The van der Waals surface area contributed by atoms with Crippen LogP contribution in [0.15, 0.2) is 38.4 Å². The van der Waals surface area contributed by atoms with Crippen LogP contribution in [-0.4, -0.2) is 36.4 Å². The summed E-state index contributed by atoms with van der Waals surface area (Å²) in [5, 5.41) is 10.4. The van der Waals surface area contributed by atoms with Crippen molar-refractivity contribution in [2.45, 2.75) is 39.8 Å². The van der Waals surface area contributed by atoms with Crippen LogP contribution in [0.3, 0.4) is 0 Å². The average molecular weight is 402 g/mol. The van der Waals surface area contributed by atoms with Crippen LogP contribution >= 0.6 is 0 Å². The van der Waals surface area contributed by atoms with Crippen molar-refractivity contribution < 1.29 is 13.7 Å². The topological polar surface area (TPSA) is 125 Å². The number of amides is 1. The van der Waals surface area contributed by atoms with Gasteiger partial charge in [-0.2, -0.15) is 14.8 Å². The molecule has 29 heavy (non-hydrogen) atoms. The first-order valence-electron chi connectivity index (χ1n) is 9.00. The summed E-state index contributed by atoms with van der Waals surface area (Å²) in [6.07, 6.45) is 0.706. The summed E-state index contributed by atoms with van der Waals surface area (Å²) in [5.74, 6) is -1.63. The SMILES string of the molecule is CC[C@@H](C)NC(=O)c1nc(-c2nn(-c3ccc(F)cc3)c(=O)n(CC)c2=O)no1. The molecule has 3 rings (SSSR count). The van der Waals surface area contributed by atoms with E-state index in [0.717, 1.165) is 21.4 Å². The van der Waals surface area contributed by atoms with E-state index in [1.807, 2.05) is 13.8 Å². The lowest BCUT2D eigenvalue weighted by atomic mass is 10.2. The fourth-order valence-corrected chi connectivity index (χ4v) is 2.48. The van der Waals surface area contributed by atoms with Gasteiger partial charge < -0.3 is 9.84 Å². The van der Waals surface area contributed by atoms with Gasteiger partial charge in [-0.3, -0.25) is 14.2 Å². The molecule has 2 aromatic heterocycles. The Labute approximate surface area is 164 Å². The first-order chi connectivity index (χ1) is 13.8. The number of hydrogen-bond acceptors (Lipinski definition) is 7. The molecule has 0 unspecified atom stereocenters. The minimum atomic E-state index is -0.731. The third-order valence-corrected chi connectivity index (χ3v) is 4.27.